The van der Waals surface area contributed by atoms with Crippen LogP contribution in [0.2, 0.25) is 0 Å². The molecule has 1 aliphatic heterocycles. The first-order valence-corrected chi connectivity index (χ1v) is 12.3. The van der Waals surface area contributed by atoms with E-state index in [2.05, 4.69) is 10.6 Å². The molecular weight excluding hydrogens is 494 g/mol. The Morgan fingerprint density at radius 3 is 2.47 bits per heavy atom. The van der Waals surface area contributed by atoms with Crippen molar-refractivity contribution in [2.75, 3.05) is 19.0 Å². The monoisotopic (exact) mass is 522 g/mol. The smallest absolute Gasteiger partial charge is 0.264 e. The Balaban J connectivity index is 1.74. The van der Waals surface area contributed by atoms with Gasteiger partial charge in [0.2, 0.25) is 11.8 Å². The maximum atomic E-state index is 13.6. The van der Waals surface area contributed by atoms with Gasteiger partial charge in [-0.1, -0.05) is 12.1 Å². The molecule has 0 spiro atoms. The molecule has 0 saturated heterocycles. The average Bonchev–Trinajstić information content (AvgIpc) is 3.47. The molecule has 0 radical (unpaired) electrons. The molecule has 1 fully saturated rings. The van der Waals surface area contributed by atoms with Gasteiger partial charge >= 0.3 is 0 Å². The minimum atomic E-state index is -1.48. The highest BCUT2D eigenvalue weighted by atomic mass is 16.5. The molecule has 11 heteroatoms. The molecular formula is C27H28N3O8-. The Morgan fingerprint density at radius 2 is 1.82 bits per heavy atom. The molecule has 1 heterocycles. The fraction of sp³-hybridized carbons (Fsp3) is 0.370. The largest absolute Gasteiger partial charge is 0.548 e. The van der Waals surface area contributed by atoms with Crippen LogP contribution in [0.25, 0.3) is 0 Å². The molecule has 1 aliphatic carbocycles. The number of imide groups is 1. The number of amides is 4. The molecule has 4 amide bonds. The van der Waals surface area contributed by atoms with Gasteiger partial charge in [-0.05, 0) is 55.5 Å². The Hall–Kier alpha value is -4.41. The normalized spacial score (nSPS) is 15.7. The molecule has 200 valence electrons. The van der Waals surface area contributed by atoms with Crippen LogP contribution < -0.4 is 25.2 Å². The molecule has 2 N–H and O–H groups in total. The summed E-state index contributed by atoms with van der Waals surface area (Å²) in [5.41, 5.74) is 0.690. The highest BCUT2D eigenvalue weighted by Crippen LogP contribution is 2.40. The lowest BCUT2D eigenvalue weighted by Gasteiger charge is -2.27. The number of carboxylic acid groups (broad SMARTS) is 1. The van der Waals surface area contributed by atoms with Crippen LogP contribution in [0.5, 0.6) is 11.5 Å². The number of carbonyl (C=O) groups excluding carboxylic acids is 5. The number of hydrogen-bond acceptors (Lipinski definition) is 8. The second-order valence-corrected chi connectivity index (χ2v) is 9.19. The number of methoxy groups -OCH3 is 1. The highest BCUT2D eigenvalue weighted by molar-refractivity contribution is 6.24. The minimum absolute atomic E-state index is 0.0107. The second-order valence-electron chi connectivity index (χ2n) is 9.19. The molecule has 0 bridgehead atoms. The summed E-state index contributed by atoms with van der Waals surface area (Å²) in [5, 5.41) is 15.7. The van der Waals surface area contributed by atoms with Crippen molar-refractivity contribution in [1.82, 2.24) is 10.2 Å². The van der Waals surface area contributed by atoms with E-state index in [1.165, 1.54) is 26.2 Å². The van der Waals surface area contributed by atoms with Crippen LogP contribution in [-0.2, 0) is 14.4 Å². The number of ether oxygens (including phenoxy) is 2. The van der Waals surface area contributed by atoms with E-state index in [0.717, 1.165) is 30.6 Å². The zero-order valence-electron chi connectivity index (χ0n) is 21.1. The van der Waals surface area contributed by atoms with Gasteiger partial charge in [0.25, 0.3) is 11.8 Å². The van der Waals surface area contributed by atoms with Gasteiger partial charge in [-0.15, -0.1) is 0 Å². The van der Waals surface area contributed by atoms with E-state index in [4.69, 9.17) is 9.47 Å². The van der Waals surface area contributed by atoms with Crippen LogP contribution in [0.1, 0.15) is 71.3 Å². The number of rotatable bonds is 10. The molecule has 11 nitrogen and oxygen atoms in total. The number of hydrogen-bond donors (Lipinski definition) is 2. The topological polar surface area (TPSA) is 154 Å². The fourth-order valence-corrected chi connectivity index (χ4v) is 4.84. The summed E-state index contributed by atoms with van der Waals surface area (Å²) in [5.74, 6) is -3.08. The first-order valence-electron chi connectivity index (χ1n) is 12.3. The number of nitrogens with zero attached hydrogens (tertiary/aromatic N) is 1. The van der Waals surface area contributed by atoms with E-state index in [0.29, 0.717) is 17.1 Å². The second kappa shape index (κ2) is 11.3. The molecule has 1 atom stereocenters. The number of carboxylic acids is 1. The van der Waals surface area contributed by atoms with E-state index in [1.807, 2.05) is 0 Å². The van der Waals surface area contributed by atoms with Gasteiger partial charge in [0.15, 0.2) is 11.5 Å². The lowest BCUT2D eigenvalue weighted by atomic mass is 10.0. The van der Waals surface area contributed by atoms with E-state index in [9.17, 15) is 29.1 Å². The molecule has 0 aromatic heterocycles. The summed E-state index contributed by atoms with van der Waals surface area (Å²) in [7, 11) is 1.50. The molecule has 2 aromatic carbocycles. The minimum Gasteiger partial charge on any atom is -0.548 e. The zero-order valence-corrected chi connectivity index (χ0v) is 21.1. The Labute approximate surface area is 219 Å². The Morgan fingerprint density at radius 1 is 1.08 bits per heavy atom. The number of aliphatic carboxylic acids is 1. The van der Waals surface area contributed by atoms with Gasteiger partial charge in [-0.2, -0.15) is 0 Å². The van der Waals surface area contributed by atoms with Crippen molar-refractivity contribution in [3.63, 3.8) is 0 Å². The van der Waals surface area contributed by atoms with Crippen molar-refractivity contribution in [1.29, 1.82) is 0 Å². The van der Waals surface area contributed by atoms with Gasteiger partial charge in [-0.3, -0.25) is 24.1 Å². The molecule has 4 rings (SSSR count). The third kappa shape index (κ3) is 5.61. The maximum Gasteiger partial charge on any atom is 0.264 e. The fourth-order valence-electron chi connectivity index (χ4n) is 4.84. The standard InChI is InChI=1S/C27H29N3O8/c1-15(31)29-19-9-5-8-18-25(19)27(36)30(26(18)35)20(13-23(32)28-14-24(33)34)16-10-11-21(37-2)22(12-16)38-17-6-3-4-7-17/h5,8-12,17,20H,3-4,6-7,13-14H2,1-2H3,(H,28,32)(H,29,31)(H,33,34)/p-1. The van der Waals surface area contributed by atoms with Crippen molar-refractivity contribution >= 4 is 35.3 Å². The summed E-state index contributed by atoms with van der Waals surface area (Å²) >= 11 is 0. The summed E-state index contributed by atoms with van der Waals surface area (Å²) in [6.45, 7) is 0.561. The van der Waals surface area contributed by atoms with E-state index in [-0.39, 0.29) is 22.9 Å². The van der Waals surface area contributed by atoms with E-state index < -0.39 is 48.6 Å². The van der Waals surface area contributed by atoms with Crippen LogP contribution in [0.3, 0.4) is 0 Å². The molecule has 1 saturated carbocycles. The average molecular weight is 523 g/mol. The van der Waals surface area contributed by atoms with Gasteiger partial charge in [0, 0.05) is 6.92 Å². The van der Waals surface area contributed by atoms with Gasteiger partial charge in [0.1, 0.15) is 0 Å². The molecule has 2 aromatic rings. The summed E-state index contributed by atoms with van der Waals surface area (Å²) in [6, 6.07) is 8.30. The summed E-state index contributed by atoms with van der Waals surface area (Å²) in [4.78, 5) is 63.3. The molecule has 1 unspecified atom stereocenters. The Bertz CT molecular complexity index is 1290. The zero-order chi connectivity index (χ0) is 27.4. The maximum absolute atomic E-state index is 13.6. The summed E-state index contributed by atoms with van der Waals surface area (Å²) in [6.07, 6.45) is 3.42. The van der Waals surface area contributed by atoms with Gasteiger partial charge in [0.05, 0.1) is 55.0 Å². The lowest BCUT2D eigenvalue weighted by molar-refractivity contribution is -0.304. The molecule has 2 aliphatic rings. The van der Waals surface area contributed by atoms with E-state index >= 15 is 0 Å². The third-order valence-electron chi connectivity index (χ3n) is 6.55. The predicted octanol–water partition coefficient (Wildman–Crippen LogP) is 1.57. The molecule has 38 heavy (non-hydrogen) atoms. The number of anilines is 1. The number of fused-ring (bicyclic) bond motifs is 1. The van der Waals surface area contributed by atoms with Crippen molar-refractivity contribution in [3.8, 4) is 11.5 Å². The predicted molar refractivity (Wildman–Crippen MR) is 132 cm³/mol. The van der Waals surface area contributed by atoms with E-state index in [1.54, 1.807) is 24.3 Å². The number of benzene rings is 2. The van der Waals surface area contributed by atoms with Crippen LogP contribution >= 0.6 is 0 Å². The number of nitrogens with one attached hydrogen (secondary N) is 2. The quantitative estimate of drug-likeness (QED) is 0.446. The van der Waals surface area contributed by atoms with Crippen LogP contribution in [0.15, 0.2) is 36.4 Å². The Kier molecular flexibility index (Phi) is 7.94. The van der Waals surface area contributed by atoms with Gasteiger partial charge < -0.3 is 30.0 Å². The first kappa shape index (κ1) is 26.6. The highest BCUT2D eigenvalue weighted by Gasteiger charge is 2.43. The SMILES string of the molecule is COc1ccc(C(CC(=O)NCC(=O)[O-])N2C(=O)c3cccc(NC(C)=O)c3C2=O)cc1OC1CCCC1. The third-order valence-corrected chi connectivity index (χ3v) is 6.55. The summed E-state index contributed by atoms with van der Waals surface area (Å²) < 4.78 is 11.6. The van der Waals surface area contributed by atoms with Crippen LogP contribution in [-0.4, -0.2) is 54.3 Å². The van der Waals surface area contributed by atoms with Gasteiger partial charge in [-0.25, -0.2) is 0 Å². The van der Waals surface area contributed by atoms with Crippen molar-refractivity contribution in [2.24, 2.45) is 0 Å². The van der Waals surface area contributed by atoms with Crippen LogP contribution in [0, 0.1) is 0 Å². The van der Waals surface area contributed by atoms with Crippen molar-refractivity contribution in [2.45, 2.75) is 51.2 Å². The lowest BCUT2D eigenvalue weighted by Crippen LogP contribution is -2.41. The van der Waals surface area contributed by atoms with Crippen molar-refractivity contribution < 1.29 is 38.6 Å². The number of carbonyl (C=O) groups is 5. The van der Waals surface area contributed by atoms with Crippen molar-refractivity contribution in [3.05, 3.63) is 53.1 Å². The van der Waals surface area contributed by atoms with Crippen LogP contribution in [0.4, 0.5) is 5.69 Å². The first-order chi connectivity index (χ1) is 18.2.